The summed E-state index contributed by atoms with van der Waals surface area (Å²) >= 11 is 5.75. The van der Waals surface area contributed by atoms with E-state index in [1.165, 1.54) is 16.4 Å². The second kappa shape index (κ2) is 5.75. The van der Waals surface area contributed by atoms with E-state index in [1.54, 1.807) is 19.1 Å². The van der Waals surface area contributed by atoms with Crippen LogP contribution in [0.2, 0.25) is 5.02 Å². The predicted octanol–water partition coefficient (Wildman–Crippen LogP) is -1.59. The molecule has 100 valence electrons. The van der Waals surface area contributed by atoms with Crippen LogP contribution in [-0.2, 0) is 10.0 Å². The van der Waals surface area contributed by atoms with Crippen molar-refractivity contribution in [2.75, 3.05) is 20.1 Å². The van der Waals surface area contributed by atoms with Crippen LogP contribution in [0.1, 0.15) is 6.92 Å². The van der Waals surface area contributed by atoms with Crippen LogP contribution in [0.15, 0.2) is 29.2 Å². The summed E-state index contributed by atoms with van der Waals surface area (Å²) in [5.41, 5.74) is 0. The highest BCUT2D eigenvalue weighted by Gasteiger charge is 2.37. The van der Waals surface area contributed by atoms with Crippen LogP contribution >= 0.6 is 11.6 Å². The Labute approximate surface area is 129 Å². The van der Waals surface area contributed by atoms with Crippen LogP contribution in [0, 0.1) is 0 Å². The van der Waals surface area contributed by atoms with Crippen molar-refractivity contribution in [1.29, 1.82) is 0 Å². The Bertz CT molecular complexity index is 569. The number of benzene rings is 1. The highest BCUT2D eigenvalue weighted by Crippen LogP contribution is 2.20. The maximum absolute atomic E-state index is 12.3. The number of nitrogens with zero attached hydrogens (tertiary/aromatic N) is 2. The first-order valence-electron chi connectivity index (χ1n) is 5.26. The van der Waals surface area contributed by atoms with Gasteiger partial charge in [-0.1, -0.05) is 11.6 Å². The third-order valence-corrected chi connectivity index (χ3v) is 5.10. The smallest absolute Gasteiger partial charge is 0.330 e. The normalized spacial score (nSPS) is 15.8. The van der Waals surface area contributed by atoms with Gasteiger partial charge < -0.3 is 24.0 Å². The summed E-state index contributed by atoms with van der Waals surface area (Å²) in [6, 6.07) is 6.24. The van der Waals surface area contributed by atoms with E-state index < -0.39 is 10.0 Å². The molecule has 0 N–H and O–H groups in total. The van der Waals surface area contributed by atoms with Gasteiger partial charge in [0.15, 0.2) is 0 Å². The lowest BCUT2D eigenvalue weighted by Gasteiger charge is -2.11. The first-order valence-corrected chi connectivity index (χ1v) is 7.08. The molecule has 0 amide bonds. The van der Waals surface area contributed by atoms with Crippen molar-refractivity contribution >= 4 is 27.5 Å². The fourth-order valence-corrected chi connectivity index (χ4v) is 3.45. The summed E-state index contributed by atoms with van der Waals surface area (Å²) in [4.78, 5) is 0.275. The highest BCUT2D eigenvalue weighted by molar-refractivity contribution is 7.89. The van der Waals surface area contributed by atoms with Gasteiger partial charge in [0.25, 0.3) is 5.84 Å². The van der Waals surface area contributed by atoms with E-state index >= 15 is 0 Å². The largest absolute Gasteiger partial charge is 1.00 e. The Balaban J connectivity index is 0.00000162. The Morgan fingerprint density at radius 2 is 1.83 bits per heavy atom. The first-order chi connectivity index (χ1) is 7.93. The molecule has 1 aliphatic rings. The zero-order chi connectivity index (χ0) is 12.6. The number of likely N-dealkylation sites (N-methyl/N-ethyl adjacent to an activating group) is 1. The molecular formula is C11H14ClIN2O2S. The number of sulfonamides is 1. The van der Waals surface area contributed by atoms with Crippen molar-refractivity contribution < 1.29 is 37.0 Å². The van der Waals surface area contributed by atoms with Gasteiger partial charge in [0.1, 0.15) is 18.0 Å². The summed E-state index contributed by atoms with van der Waals surface area (Å²) in [6.07, 6.45) is 0. The summed E-state index contributed by atoms with van der Waals surface area (Å²) in [5, 5.41) is 0.531. The second-order valence-electron chi connectivity index (χ2n) is 4.00. The van der Waals surface area contributed by atoms with Gasteiger partial charge in [-0.05, 0) is 24.3 Å². The van der Waals surface area contributed by atoms with E-state index in [0.717, 1.165) is 12.4 Å². The Kier molecular flexibility index (Phi) is 5.02. The molecule has 7 heteroatoms. The summed E-state index contributed by atoms with van der Waals surface area (Å²) in [5.74, 6) is 0.750. The molecule has 1 aromatic rings. The molecule has 1 heterocycles. The van der Waals surface area contributed by atoms with Crippen LogP contribution in [-0.4, -0.2) is 43.3 Å². The molecule has 0 radical (unpaired) electrons. The molecule has 0 saturated heterocycles. The number of rotatable bonds is 2. The molecule has 0 saturated carbocycles. The van der Waals surface area contributed by atoms with Crippen LogP contribution in [0.4, 0.5) is 0 Å². The maximum atomic E-state index is 12.3. The lowest BCUT2D eigenvalue weighted by molar-refractivity contribution is -0.486. The van der Waals surface area contributed by atoms with Crippen LogP contribution in [0.25, 0.3) is 0 Å². The minimum absolute atomic E-state index is 0. The third-order valence-electron chi connectivity index (χ3n) is 2.95. The monoisotopic (exact) mass is 400 g/mol. The topological polar surface area (TPSA) is 40.4 Å². The van der Waals surface area contributed by atoms with Gasteiger partial charge in [-0.3, -0.25) is 4.58 Å². The minimum atomic E-state index is -3.44. The summed E-state index contributed by atoms with van der Waals surface area (Å²) in [7, 11) is -1.56. The Morgan fingerprint density at radius 3 is 2.28 bits per heavy atom. The predicted molar refractivity (Wildman–Crippen MR) is 67.1 cm³/mol. The van der Waals surface area contributed by atoms with Crippen molar-refractivity contribution in [2.24, 2.45) is 0 Å². The van der Waals surface area contributed by atoms with Crippen molar-refractivity contribution in [2.45, 2.75) is 11.8 Å². The van der Waals surface area contributed by atoms with Gasteiger partial charge in [0, 0.05) is 11.9 Å². The van der Waals surface area contributed by atoms with Crippen LogP contribution in [0.5, 0.6) is 0 Å². The second-order valence-corrected chi connectivity index (χ2v) is 6.30. The van der Waals surface area contributed by atoms with Gasteiger partial charge in [0.2, 0.25) is 0 Å². The van der Waals surface area contributed by atoms with Crippen LogP contribution < -0.4 is 24.0 Å². The molecular weight excluding hydrogens is 387 g/mol. The number of halogens is 2. The Hall–Kier alpha value is -0.340. The molecule has 0 unspecified atom stereocenters. The molecule has 1 aromatic carbocycles. The molecule has 0 atom stereocenters. The lowest BCUT2D eigenvalue weighted by Crippen LogP contribution is -3.00. The van der Waals surface area contributed by atoms with E-state index in [9.17, 15) is 8.42 Å². The number of hydrogen-bond donors (Lipinski definition) is 0. The van der Waals surface area contributed by atoms with E-state index in [1.807, 2.05) is 11.6 Å². The zero-order valence-electron chi connectivity index (χ0n) is 10.1. The molecule has 4 nitrogen and oxygen atoms in total. The molecule has 0 aliphatic carbocycles. The number of amidine groups is 1. The standard InChI is InChI=1S/C11H14ClN2O2S.HI/c1-9-13(2)7-8-14(9)17(15,16)11-5-3-10(12)4-6-11;/h3-6H,7-8H2,1-2H3;1H/q+1;/p-1. The zero-order valence-corrected chi connectivity index (χ0v) is 13.8. The highest BCUT2D eigenvalue weighted by atomic mass is 127. The van der Waals surface area contributed by atoms with Crippen molar-refractivity contribution in [3.63, 3.8) is 0 Å². The first kappa shape index (κ1) is 15.7. The molecule has 0 bridgehead atoms. The van der Waals surface area contributed by atoms with E-state index in [0.29, 0.717) is 11.6 Å². The van der Waals surface area contributed by atoms with Gasteiger partial charge in [-0.15, -0.1) is 4.31 Å². The fraction of sp³-hybridized carbons (Fsp3) is 0.364. The van der Waals surface area contributed by atoms with E-state index in [2.05, 4.69) is 0 Å². The molecule has 18 heavy (non-hydrogen) atoms. The molecule has 2 rings (SSSR count). The SMILES string of the molecule is CC1=[N+](C)CCN1S(=O)(=O)c1ccc(Cl)cc1.[I-]. The maximum Gasteiger partial charge on any atom is 0.330 e. The quantitative estimate of drug-likeness (QED) is 0.444. The Morgan fingerprint density at radius 1 is 1.28 bits per heavy atom. The molecule has 0 aromatic heterocycles. The van der Waals surface area contributed by atoms with Gasteiger partial charge in [-0.25, -0.2) is 0 Å². The summed E-state index contributed by atoms with van der Waals surface area (Å²) < 4.78 is 28.0. The average molecular weight is 401 g/mol. The molecule has 0 spiro atoms. The van der Waals surface area contributed by atoms with Crippen molar-refractivity contribution in [3.8, 4) is 0 Å². The molecule has 0 fully saturated rings. The van der Waals surface area contributed by atoms with Gasteiger partial charge >= 0.3 is 10.0 Å². The molecule has 1 aliphatic heterocycles. The van der Waals surface area contributed by atoms with Crippen LogP contribution in [0.3, 0.4) is 0 Å². The third kappa shape index (κ3) is 2.80. The van der Waals surface area contributed by atoms with E-state index in [-0.39, 0.29) is 28.9 Å². The van der Waals surface area contributed by atoms with E-state index in [4.69, 9.17) is 11.6 Å². The van der Waals surface area contributed by atoms with Crippen molar-refractivity contribution in [3.05, 3.63) is 29.3 Å². The van der Waals surface area contributed by atoms with Crippen molar-refractivity contribution in [1.82, 2.24) is 4.31 Å². The summed E-state index contributed by atoms with van der Waals surface area (Å²) in [6.45, 7) is 3.02. The fourth-order valence-electron chi connectivity index (χ4n) is 1.78. The minimum Gasteiger partial charge on any atom is -1.00 e. The van der Waals surface area contributed by atoms with Gasteiger partial charge in [0.05, 0.1) is 7.05 Å². The average Bonchev–Trinajstić information content (AvgIpc) is 2.61. The number of hydrogen-bond acceptors (Lipinski definition) is 2. The lowest BCUT2D eigenvalue weighted by atomic mass is 10.4. The van der Waals surface area contributed by atoms with Gasteiger partial charge in [-0.2, -0.15) is 8.42 Å².